The van der Waals surface area contributed by atoms with Crippen LogP contribution >= 0.6 is 0 Å². The summed E-state index contributed by atoms with van der Waals surface area (Å²) in [4.78, 5) is 0. The van der Waals surface area contributed by atoms with Crippen molar-refractivity contribution in [3.63, 3.8) is 0 Å². The highest BCUT2D eigenvalue weighted by Gasteiger charge is 2.32. The Morgan fingerprint density at radius 3 is 2.79 bits per heavy atom. The summed E-state index contributed by atoms with van der Waals surface area (Å²) in [5, 5.41) is 3.66. The first-order valence-corrected chi connectivity index (χ1v) is 7.59. The highest BCUT2D eigenvalue weighted by atomic mass is 16.3. The maximum atomic E-state index is 6.05. The maximum absolute atomic E-state index is 6.05. The van der Waals surface area contributed by atoms with Crippen LogP contribution in [0.5, 0.6) is 0 Å². The molecule has 3 N–H and O–H groups in total. The van der Waals surface area contributed by atoms with E-state index in [1.54, 1.807) is 6.26 Å². The summed E-state index contributed by atoms with van der Waals surface area (Å²) < 4.78 is 5.40. The zero-order valence-electron chi connectivity index (χ0n) is 12.3. The third kappa shape index (κ3) is 4.08. The molecule has 1 aliphatic rings. The molecule has 0 bridgehead atoms. The molecule has 1 aromatic heterocycles. The first-order valence-electron chi connectivity index (χ1n) is 7.59. The highest BCUT2D eigenvalue weighted by molar-refractivity contribution is 5.00. The van der Waals surface area contributed by atoms with E-state index in [4.69, 9.17) is 10.2 Å². The monoisotopic (exact) mass is 264 g/mol. The fourth-order valence-electron chi connectivity index (χ4n) is 3.02. The maximum Gasteiger partial charge on any atom is 0.105 e. The van der Waals surface area contributed by atoms with Crippen LogP contribution in [-0.2, 0) is 6.42 Å². The minimum absolute atomic E-state index is 0.323. The number of furan rings is 1. The number of hydrogen-bond donors (Lipinski definition) is 2. The SMILES string of the molecule is CC1CCC(CN)(CNC(C)Cc2ccco2)CC1. The summed E-state index contributed by atoms with van der Waals surface area (Å²) in [6.45, 7) is 6.42. The van der Waals surface area contributed by atoms with Crippen molar-refractivity contribution in [2.24, 2.45) is 17.1 Å². The Balaban J connectivity index is 1.79. The predicted molar refractivity (Wildman–Crippen MR) is 79.0 cm³/mol. The van der Waals surface area contributed by atoms with Gasteiger partial charge in [-0.3, -0.25) is 0 Å². The lowest BCUT2D eigenvalue weighted by molar-refractivity contribution is 0.155. The number of hydrogen-bond acceptors (Lipinski definition) is 3. The molecule has 0 saturated heterocycles. The normalized spacial score (nSPS) is 29.3. The number of nitrogens with two attached hydrogens (primary N) is 1. The Kier molecular flexibility index (Phi) is 5.06. The summed E-state index contributed by atoms with van der Waals surface area (Å²) >= 11 is 0. The average Bonchev–Trinajstić information content (AvgIpc) is 2.92. The highest BCUT2D eigenvalue weighted by Crippen LogP contribution is 2.37. The third-order valence-corrected chi connectivity index (χ3v) is 4.68. The van der Waals surface area contributed by atoms with Gasteiger partial charge < -0.3 is 15.5 Å². The Labute approximate surface area is 116 Å². The fourth-order valence-corrected chi connectivity index (χ4v) is 3.02. The smallest absolute Gasteiger partial charge is 0.105 e. The van der Waals surface area contributed by atoms with Gasteiger partial charge in [0.1, 0.15) is 5.76 Å². The van der Waals surface area contributed by atoms with Crippen molar-refractivity contribution >= 4 is 0 Å². The molecule has 1 atom stereocenters. The van der Waals surface area contributed by atoms with Gasteiger partial charge in [0.25, 0.3) is 0 Å². The summed E-state index contributed by atoms with van der Waals surface area (Å²) in [5.41, 5.74) is 6.37. The molecule has 19 heavy (non-hydrogen) atoms. The van der Waals surface area contributed by atoms with E-state index in [2.05, 4.69) is 19.2 Å². The van der Waals surface area contributed by atoms with E-state index < -0.39 is 0 Å². The van der Waals surface area contributed by atoms with Crippen LogP contribution in [0.25, 0.3) is 0 Å². The van der Waals surface area contributed by atoms with Crippen molar-refractivity contribution in [3.8, 4) is 0 Å². The van der Waals surface area contributed by atoms with Gasteiger partial charge in [0.05, 0.1) is 6.26 Å². The lowest BCUT2D eigenvalue weighted by Gasteiger charge is -2.39. The van der Waals surface area contributed by atoms with E-state index in [0.717, 1.165) is 31.2 Å². The second kappa shape index (κ2) is 6.58. The molecule has 1 heterocycles. The zero-order chi connectivity index (χ0) is 13.7. The largest absolute Gasteiger partial charge is 0.469 e. The molecule has 0 radical (unpaired) electrons. The van der Waals surface area contributed by atoms with Crippen molar-refractivity contribution in [1.82, 2.24) is 5.32 Å². The van der Waals surface area contributed by atoms with Crippen molar-refractivity contribution in [2.75, 3.05) is 13.1 Å². The number of nitrogens with one attached hydrogen (secondary N) is 1. The van der Waals surface area contributed by atoms with Gasteiger partial charge in [-0.25, -0.2) is 0 Å². The second-order valence-corrected chi connectivity index (χ2v) is 6.45. The molecule has 0 aromatic carbocycles. The molecule has 1 aliphatic carbocycles. The first kappa shape index (κ1) is 14.6. The Morgan fingerprint density at radius 2 is 2.21 bits per heavy atom. The van der Waals surface area contributed by atoms with E-state index in [-0.39, 0.29) is 0 Å². The van der Waals surface area contributed by atoms with Gasteiger partial charge >= 0.3 is 0 Å². The van der Waals surface area contributed by atoms with E-state index >= 15 is 0 Å². The van der Waals surface area contributed by atoms with Gasteiger partial charge in [-0.05, 0) is 49.8 Å². The van der Waals surface area contributed by atoms with Crippen molar-refractivity contribution in [2.45, 2.75) is 52.0 Å². The third-order valence-electron chi connectivity index (χ3n) is 4.68. The Morgan fingerprint density at radius 1 is 1.47 bits per heavy atom. The zero-order valence-corrected chi connectivity index (χ0v) is 12.3. The van der Waals surface area contributed by atoms with Gasteiger partial charge in [-0.1, -0.05) is 19.8 Å². The van der Waals surface area contributed by atoms with Crippen LogP contribution in [0, 0.1) is 11.3 Å². The molecule has 0 spiro atoms. The summed E-state index contributed by atoms with van der Waals surface area (Å²) in [7, 11) is 0. The molecule has 1 unspecified atom stereocenters. The Bertz CT molecular complexity index is 353. The standard InChI is InChI=1S/C16H28N2O/c1-13-5-7-16(11-17,8-6-13)12-18-14(2)10-15-4-3-9-19-15/h3-4,9,13-14,18H,5-8,10-12,17H2,1-2H3. The van der Waals surface area contributed by atoms with Crippen LogP contribution in [0.2, 0.25) is 0 Å². The lowest BCUT2D eigenvalue weighted by atomic mass is 9.70. The van der Waals surface area contributed by atoms with Gasteiger partial charge in [-0.2, -0.15) is 0 Å². The van der Waals surface area contributed by atoms with Crippen LogP contribution in [0.15, 0.2) is 22.8 Å². The fraction of sp³-hybridized carbons (Fsp3) is 0.750. The topological polar surface area (TPSA) is 51.2 Å². The molecule has 108 valence electrons. The average molecular weight is 264 g/mol. The van der Waals surface area contributed by atoms with Crippen molar-refractivity contribution < 1.29 is 4.42 Å². The molecular formula is C16H28N2O. The molecule has 1 aromatic rings. The molecule has 3 nitrogen and oxygen atoms in total. The van der Waals surface area contributed by atoms with Gasteiger partial charge in [0.15, 0.2) is 0 Å². The molecule has 2 rings (SSSR count). The van der Waals surface area contributed by atoms with E-state index in [1.807, 2.05) is 12.1 Å². The van der Waals surface area contributed by atoms with Crippen LogP contribution < -0.4 is 11.1 Å². The minimum atomic E-state index is 0.323. The molecule has 0 aliphatic heterocycles. The molecule has 3 heteroatoms. The first-order chi connectivity index (χ1) is 9.13. The summed E-state index contributed by atoms with van der Waals surface area (Å²) in [5.74, 6) is 1.93. The summed E-state index contributed by atoms with van der Waals surface area (Å²) in [6, 6.07) is 4.43. The van der Waals surface area contributed by atoms with Crippen LogP contribution in [0.4, 0.5) is 0 Å². The van der Waals surface area contributed by atoms with Crippen LogP contribution in [0.1, 0.15) is 45.3 Å². The molecular weight excluding hydrogens is 236 g/mol. The van der Waals surface area contributed by atoms with E-state index in [1.165, 1.54) is 25.7 Å². The van der Waals surface area contributed by atoms with Gasteiger partial charge in [-0.15, -0.1) is 0 Å². The van der Waals surface area contributed by atoms with Gasteiger partial charge in [0, 0.05) is 19.0 Å². The van der Waals surface area contributed by atoms with Crippen molar-refractivity contribution in [3.05, 3.63) is 24.2 Å². The predicted octanol–water partition coefficient (Wildman–Crippen LogP) is 2.96. The Hall–Kier alpha value is -0.800. The quantitative estimate of drug-likeness (QED) is 0.830. The van der Waals surface area contributed by atoms with Crippen LogP contribution in [0.3, 0.4) is 0 Å². The lowest BCUT2D eigenvalue weighted by Crippen LogP contribution is -2.45. The molecule has 1 fully saturated rings. The van der Waals surface area contributed by atoms with E-state index in [0.29, 0.717) is 11.5 Å². The molecule has 1 saturated carbocycles. The van der Waals surface area contributed by atoms with E-state index in [9.17, 15) is 0 Å². The number of rotatable bonds is 6. The minimum Gasteiger partial charge on any atom is -0.469 e. The summed E-state index contributed by atoms with van der Waals surface area (Å²) in [6.07, 6.45) is 7.88. The van der Waals surface area contributed by atoms with Crippen LogP contribution in [-0.4, -0.2) is 19.1 Å². The van der Waals surface area contributed by atoms with Crippen molar-refractivity contribution in [1.29, 1.82) is 0 Å². The second-order valence-electron chi connectivity index (χ2n) is 6.45. The van der Waals surface area contributed by atoms with Gasteiger partial charge in [0.2, 0.25) is 0 Å². The molecule has 0 amide bonds.